The predicted molar refractivity (Wildman–Crippen MR) is 114 cm³/mol. The molecule has 2 aromatic carbocycles. The van der Waals surface area contributed by atoms with E-state index in [1.165, 1.54) is 12.1 Å². The number of aromatic nitrogens is 2. The van der Waals surface area contributed by atoms with Gasteiger partial charge in [0, 0.05) is 43.8 Å². The van der Waals surface area contributed by atoms with Crippen LogP contribution < -0.4 is 15.9 Å². The lowest BCUT2D eigenvalue weighted by Gasteiger charge is -2.37. The largest absolute Gasteiger partial charge is 0.416 e. The minimum atomic E-state index is -4.34. The van der Waals surface area contributed by atoms with Gasteiger partial charge in [-0.3, -0.25) is 9.47 Å². The van der Waals surface area contributed by atoms with Crippen LogP contribution in [-0.2, 0) is 12.7 Å². The first-order valence-electron chi connectivity index (χ1n) is 10.3. The smallest absolute Gasteiger partial charge is 0.369 e. The third kappa shape index (κ3) is 3.85. The van der Waals surface area contributed by atoms with Crippen molar-refractivity contribution >= 4 is 22.4 Å². The van der Waals surface area contributed by atoms with Crippen LogP contribution in [0.2, 0.25) is 0 Å². The molecule has 31 heavy (non-hydrogen) atoms. The number of para-hydroxylation sites is 1. The highest BCUT2D eigenvalue weighted by Crippen LogP contribution is 2.32. The van der Waals surface area contributed by atoms with Crippen molar-refractivity contribution in [2.24, 2.45) is 0 Å². The summed E-state index contributed by atoms with van der Waals surface area (Å²) < 4.78 is 40.7. The van der Waals surface area contributed by atoms with Crippen LogP contribution in [0.15, 0.2) is 53.3 Å². The SMILES string of the molecule is O=c1nc2ccccc2c2n1C[C@H](CN1CCN(c3cccc(C(F)(F)F)c3)CC1)N2. The van der Waals surface area contributed by atoms with Crippen molar-refractivity contribution in [1.29, 1.82) is 0 Å². The molecule has 1 saturated heterocycles. The number of hydrogen-bond donors (Lipinski definition) is 1. The average Bonchev–Trinajstić information content (AvgIpc) is 3.19. The van der Waals surface area contributed by atoms with Crippen LogP contribution in [0, 0.1) is 0 Å². The molecule has 0 spiro atoms. The number of piperazine rings is 1. The van der Waals surface area contributed by atoms with E-state index in [4.69, 9.17) is 0 Å². The molecule has 0 bridgehead atoms. The molecule has 0 unspecified atom stereocenters. The van der Waals surface area contributed by atoms with E-state index in [0.717, 1.165) is 36.9 Å². The van der Waals surface area contributed by atoms with Gasteiger partial charge in [0.05, 0.1) is 23.7 Å². The van der Waals surface area contributed by atoms with Crippen LogP contribution in [0.4, 0.5) is 24.7 Å². The predicted octanol–water partition coefficient (Wildman–Crippen LogP) is 3.03. The Balaban J connectivity index is 1.23. The van der Waals surface area contributed by atoms with Crippen molar-refractivity contribution in [1.82, 2.24) is 14.5 Å². The van der Waals surface area contributed by atoms with Crippen LogP contribution in [0.25, 0.3) is 10.9 Å². The third-order valence-corrected chi connectivity index (χ3v) is 6.01. The Morgan fingerprint density at radius 2 is 1.81 bits per heavy atom. The molecule has 1 fully saturated rings. The summed E-state index contributed by atoms with van der Waals surface area (Å²) in [5, 5.41) is 4.40. The quantitative estimate of drug-likeness (QED) is 0.694. The Morgan fingerprint density at radius 3 is 2.58 bits per heavy atom. The second-order valence-electron chi connectivity index (χ2n) is 8.05. The van der Waals surface area contributed by atoms with Crippen molar-refractivity contribution in [2.45, 2.75) is 18.8 Å². The van der Waals surface area contributed by atoms with Gasteiger partial charge in [-0.2, -0.15) is 18.2 Å². The molecule has 1 N–H and O–H groups in total. The Bertz CT molecular complexity index is 1170. The Labute approximate surface area is 176 Å². The number of nitrogens with zero attached hydrogens (tertiary/aromatic N) is 4. The van der Waals surface area contributed by atoms with Gasteiger partial charge < -0.3 is 10.2 Å². The van der Waals surface area contributed by atoms with Gasteiger partial charge in [0.2, 0.25) is 0 Å². The average molecular weight is 429 g/mol. The van der Waals surface area contributed by atoms with Crippen LogP contribution in [-0.4, -0.2) is 53.2 Å². The second-order valence-corrected chi connectivity index (χ2v) is 8.05. The lowest BCUT2D eigenvalue weighted by Crippen LogP contribution is -2.49. The number of alkyl halides is 3. The van der Waals surface area contributed by atoms with Gasteiger partial charge in [-0.05, 0) is 30.3 Å². The highest BCUT2D eigenvalue weighted by Gasteiger charge is 2.31. The van der Waals surface area contributed by atoms with Gasteiger partial charge in [0.15, 0.2) is 0 Å². The van der Waals surface area contributed by atoms with Gasteiger partial charge in [-0.25, -0.2) is 4.79 Å². The first-order chi connectivity index (χ1) is 14.9. The molecular formula is C22H22F3N5O. The summed E-state index contributed by atoms with van der Waals surface area (Å²) in [4.78, 5) is 20.8. The zero-order valence-corrected chi connectivity index (χ0v) is 16.8. The fourth-order valence-corrected chi connectivity index (χ4v) is 4.44. The van der Waals surface area contributed by atoms with Crippen LogP contribution in [0.5, 0.6) is 0 Å². The minimum absolute atomic E-state index is 0.0837. The molecule has 6 nitrogen and oxygen atoms in total. The Morgan fingerprint density at radius 1 is 1.03 bits per heavy atom. The number of rotatable bonds is 3. The molecule has 2 aliphatic rings. The van der Waals surface area contributed by atoms with E-state index in [1.807, 2.05) is 29.2 Å². The summed E-state index contributed by atoms with van der Waals surface area (Å²) in [7, 11) is 0. The van der Waals surface area contributed by atoms with Gasteiger partial charge in [0.1, 0.15) is 5.82 Å². The fraction of sp³-hybridized carbons (Fsp3) is 0.364. The van der Waals surface area contributed by atoms with E-state index < -0.39 is 11.7 Å². The number of fused-ring (bicyclic) bond motifs is 3. The Hall–Kier alpha value is -3.07. The molecule has 3 aromatic rings. The monoisotopic (exact) mass is 429 g/mol. The van der Waals surface area contributed by atoms with Crippen molar-refractivity contribution in [3.63, 3.8) is 0 Å². The zero-order valence-electron chi connectivity index (χ0n) is 16.8. The second kappa shape index (κ2) is 7.56. The molecule has 2 aliphatic heterocycles. The number of halogens is 3. The lowest BCUT2D eigenvalue weighted by molar-refractivity contribution is -0.137. The zero-order chi connectivity index (χ0) is 21.6. The standard InChI is InChI=1S/C22H22F3N5O/c23-22(24,25)15-4-3-5-17(12-15)29-10-8-28(9-11-29)13-16-14-30-20(26-16)18-6-1-2-7-19(18)27-21(30)31/h1-7,12,16,26H,8-11,13-14H2/t16-/m0/s1. The van der Waals surface area contributed by atoms with Crippen LogP contribution in [0.1, 0.15) is 5.56 Å². The number of nitrogens with one attached hydrogen (secondary N) is 1. The Kier molecular flexibility index (Phi) is 4.85. The molecule has 0 saturated carbocycles. The van der Waals surface area contributed by atoms with Gasteiger partial charge in [-0.15, -0.1) is 0 Å². The van der Waals surface area contributed by atoms with Gasteiger partial charge in [0.25, 0.3) is 0 Å². The molecule has 1 aromatic heterocycles. The highest BCUT2D eigenvalue weighted by atomic mass is 19.4. The molecule has 0 amide bonds. The van der Waals surface area contributed by atoms with Gasteiger partial charge >= 0.3 is 11.9 Å². The molecule has 1 atom stereocenters. The van der Waals surface area contributed by atoms with Crippen LogP contribution in [0.3, 0.4) is 0 Å². The maximum atomic E-state index is 13.0. The highest BCUT2D eigenvalue weighted by molar-refractivity contribution is 5.89. The van der Waals surface area contributed by atoms with Crippen molar-refractivity contribution in [2.75, 3.05) is 42.9 Å². The molecule has 3 heterocycles. The van der Waals surface area contributed by atoms with Crippen LogP contribution >= 0.6 is 0 Å². The third-order valence-electron chi connectivity index (χ3n) is 6.01. The molecule has 162 valence electrons. The maximum Gasteiger partial charge on any atom is 0.416 e. The summed E-state index contributed by atoms with van der Waals surface area (Å²) in [5.41, 5.74) is 0.413. The number of hydrogen-bond acceptors (Lipinski definition) is 5. The van der Waals surface area contributed by atoms with E-state index in [1.54, 1.807) is 10.6 Å². The molecule has 5 rings (SSSR count). The fourth-order valence-electron chi connectivity index (χ4n) is 4.44. The van der Waals surface area contributed by atoms with E-state index in [2.05, 4.69) is 15.2 Å². The number of anilines is 2. The first kappa shape index (κ1) is 19.9. The normalized spacial score (nSPS) is 19.5. The molecule has 9 heteroatoms. The van der Waals surface area contributed by atoms with E-state index in [-0.39, 0.29) is 11.7 Å². The summed E-state index contributed by atoms with van der Waals surface area (Å²) in [5.74, 6) is 0.809. The molecule has 0 aliphatic carbocycles. The van der Waals surface area contributed by atoms with E-state index >= 15 is 0 Å². The van der Waals surface area contributed by atoms with Gasteiger partial charge in [-0.1, -0.05) is 18.2 Å². The topological polar surface area (TPSA) is 53.4 Å². The van der Waals surface area contributed by atoms with E-state index in [9.17, 15) is 18.0 Å². The minimum Gasteiger partial charge on any atom is -0.369 e. The summed E-state index contributed by atoms with van der Waals surface area (Å²) in [6.07, 6.45) is -4.34. The number of benzene rings is 2. The summed E-state index contributed by atoms with van der Waals surface area (Å²) in [6.45, 7) is 4.12. The first-order valence-corrected chi connectivity index (χ1v) is 10.3. The maximum absolute atomic E-state index is 13.0. The van der Waals surface area contributed by atoms with Crippen molar-refractivity contribution in [3.8, 4) is 0 Å². The summed E-state index contributed by atoms with van der Waals surface area (Å²) >= 11 is 0. The van der Waals surface area contributed by atoms with Crippen molar-refractivity contribution in [3.05, 3.63) is 64.6 Å². The lowest BCUT2D eigenvalue weighted by atomic mass is 10.1. The molecular weight excluding hydrogens is 407 g/mol. The summed E-state index contributed by atoms with van der Waals surface area (Å²) in [6, 6.07) is 13.2. The van der Waals surface area contributed by atoms with E-state index in [0.29, 0.717) is 30.8 Å². The van der Waals surface area contributed by atoms with Crippen molar-refractivity contribution < 1.29 is 13.2 Å². The molecule has 0 radical (unpaired) electrons.